The van der Waals surface area contributed by atoms with Crippen molar-refractivity contribution in [2.24, 2.45) is 0 Å². The molecule has 2 rings (SSSR count). The highest BCUT2D eigenvalue weighted by molar-refractivity contribution is 6.00. The van der Waals surface area contributed by atoms with Gasteiger partial charge in [0.1, 0.15) is 5.75 Å². The van der Waals surface area contributed by atoms with E-state index >= 15 is 0 Å². The first-order chi connectivity index (χ1) is 6.76. The predicted octanol–water partition coefficient (Wildman–Crippen LogP) is 0.751. The molecule has 1 aromatic carbocycles. The van der Waals surface area contributed by atoms with Gasteiger partial charge in [0.15, 0.2) is 6.29 Å². The molecule has 1 aromatic rings. The van der Waals surface area contributed by atoms with E-state index in [1.165, 1.54) is 7.11 Å². The van der Waals surface area contributed by atoms with Gasteiger partial charge in [0, 0.05) is 12.1 Å². The maximum atomic E-state index is 11.3. The maximum Gasteiger partial charge on any atom is 0.251 e. The van der Waals surface area contributed by atoms with Crippen molar-refractivity contribution in [3.8, 4) is 5.75 Å². The number of rotatable bonds is 2. The molecular formula is C10H9NO3. The number of nitrogens with one attached hydrogen (secondary N) is 1. The monoisotopic (exact) mass is 191 g/mol. The Labute approximate surface area is 80.9 Å². The summed E-state index contributed by atoms with van der Waals surface area (Å²) in [5, 5.41) is 2.68. The highest BCUT2D eigenvalue weighted by atomic mass is 16.5. The third kappa shape index (κ3) is 1.16. The molecule has 1 N–H and O–H groups in total. The molecule has 0 fully saturated rings. The van der Waals surface area contributed by atoms with Crippen molar-refractivity contribution < 1.29 is 14.3 Å². The molecule has 1 amide bonds. The van der Waals surface area contributed by atoms with Crippen LogP contribution >= 0.6 is 0 Å². The third-order valence-electron chi connectivity index (χ3n) is 2.27. The minimum absolute atomic E-state index is 0.134. The van der Waals surface area contributed by atoms with Crippen LogP contribution in [0.3, 0.4) is 0 Å². The molecule has 72 valence electrons. The van der Waals surface area contributed by atoms with Gasteiger partial charge in [-0.1, -0.05) is 0 Å². The number of fused-ring (bicyclic) bond motifs is 1. The summed E-state index contributed by atoms with van der Waals surface area (Å²) in [5.74, 6) is 0.376. The molecule has 0 atom stereocenters. The van der Waals surface area contributed by atoms with E-state index in [4.69, 9.17) is 4.74 Å². The van der Waals surface area contributed by atoms with Gasteiger partial charge in [-0.2, -0.15) is 0 Å². The number of hydrogen-bond acceptors (Lipinski definition) is 3. The largest absolute Gasteiger partial charge is 0.496 e. The summed E-state index contributed by atoms with van der Waals surface area (Å²) in [6.07, 6.45) is 0.685. The SMILES string of the molecule is COc1cc2c(cc1C=O)C(=O)NC2. The molecule has 4 heteroatoms. The summed E-state index contributed by atoms with van der Waals surface area (Å²) in [4.78, 5) is 21.9. The summed E-state index contributed by atoms with van der Waals surface area (Å²) in [7, 11) is 1.50. The fourth-order valence-corrected chi connectivity index (χ4v) is 1.54. The Balaban J connectivity index is 2.60. The number of benzene rings is 1. The highest BCUT2D eigenvalue weighted by Gasteiger charge is 2.21. The second-order valence-electron chi connectivity index (χ2n) is 3.05. The van der Waals surface area contributed by atoms with Crippen LogP contribution in [0.4, 0.5) is 0 Å². The summed E-state index contributed by atoms with van der Waals surface area (Å²) >= 11 is 0. The molecule has 1 heterocycles. The molecule has 0 saturated heterocycles. The summed E-state index contributed by atoms with van der Waals surface area (Å²) in [5.41, 5.74) is 1.84. The van der Waals surface area contributed by atoms with Crippen LogP contribution in [-0.2, 0) is 6.54 Å². The normalized spacial score (nSPS) is 13.4. The highest BCUT2D eigenvalue weighted by Crippen LogP contribution is 2.25. The first-order valence-electron chi connectivity index (χ1n) is 4.20. The van der Waals surface area contributed by atoms with Crippen LogP contribution in [-0.4, -0.2) is 19.3 Å². The fourth-order valence-electron chi connectivity index (χ4n) is 1.54. The number of hydrogen-bond donors (Lipinski definition) is 1. The van der Waals surface area contributed by atoms with Gasteiger partial charge in [-0.25, -0.2) is 0 Å². The Hall–Kier alpha value is -1.84. The molecule has 0 spiro atoms. The molecule has 0 aliphatic carbocycles. The van der Waals surface area contributed by atoms with E-state index in [2.05, 4.69) is 5.32 Å². The van der Waals surface area contributed by atoms with Gasteiger partial charge in [-0.05, 0) is 17.7 Å². The van der Waals surface area contributed by atoms with Crippen molar-refractivity contribution in [3.05, 3.63) is 28.8 Å². The minimum atomic E-state index is -0.134. The van der Waals surface area contributed by atoms with Gasteiger partial charge in [0.25, 0.3) is 5.91 Å². The lowest BCUT2D eigenvalue weighted by Gasteiger charge is -2.04. The Morgan fingerprint density at radius 3 is 2.93 bits per heavy atom. The van der Waals surface area contributed by atoms with Crippen molar-refractivity contribution in [2.75, 3.05) is 7.11 Å². The van der Waals surface area contributed by atoms with Crippen molar-refractivity contribution >= 4 is 12.2 Å². The Morgan fingerprint density at radius 1 is 1.50 bits per heavy atom. The van der Waals surface area contributed by atoms with Crippen LogP contribution < -0.4 is 10.1 Å². The molecule has 14 heavy (non-hydrogen) atoms. The smallest absolute Gasteiger partial charge is 0.251 e. The van der Waals surface area contributed by atoms with Crippen LogP contribution in [0.25, 0.3) is 0 Å². The second-order valence-corrected chi connectivity index (χ2v) is 3.05. The van der Waals surface area contributed by atoms with Crippen molar-refractivity contribution in [1.82, 2.24) is 5.32 Å². The lowest BCUT2D eigenvalue weighted by molar-refractivity contribution is 0.0965. The van der Waals surface area contributed by atoms with Crippen LogP contribution in [0.15, 0.2) is 12.1 Å². The molecule has 1 aliphatic heterocycles. The zero-order chi connectivity index (χ0) is 10.1. The lowest BCUT2D eigenvalue weighted by Crippen LogP contribution is -2.12. The Bertz CT molecular complexity index is 411. The minimum Gasteiger partial charge on any atom is -0.496 e. The summed E-state index contributed by atoms with van der Waals surface area (Å²) in [6.45, 7) is 0.504. The van der Waals surface area contributed by atoms with Crippen LogP contribution in [0.2, 0.25) is 0 Å². The number of methoxy groups -OCH3 is 1. The number of aldehydes is 1. The molecular weight excluding hydrogens is 182 g/mol. The first kappa shape index (κ1) is 8.74. The lowest BCUT2D eigenvalue weighted by atomic mass is 10.1. The van der Waals surface area contributed by atoms with Crippen molar-refractivity contribution in [1.29, 1.82) is 0 Å². The number of ether oxygens (including phenoxy) is 1. The Kier molecular flexibility index (Phi) is 1.96. The van der Waals surface area contributed by atoms with Crippen LogP contribution in [0, 0.1) is 0 Å². The number of carbonyl (C=O) groups is 2. The zero-order valence-electron chi connectivity index (χ0n) is 7.66. The van der Waals surface area contributed by atoms with E-state index in [0.29, 0.717) is 29.7 Å². The maximum absolute atomic E-state index is 11.3. The van der Waals surface area contributed by atoms with Gasteiger partial charge >= 0.3 is 0 Å². The Morgan fingerprint density at radius 2 is 2.29 bits per heavy atom. The van der Waals surface area contributed by atoms with Gasteiger partial charge in [0.2, 0.25) is 0 Å². The van der Waals surface area contributed by atoms with E-state index < -0.39 is 0 Å². The van der Waals surface area contributed by atoms with Gasteiger partial charge in [0.05, 0.1) is 12.7 Å². The molecule has 0 unspecified atom stereocenters. The second kappa shape index (κ2) is 3.14. The van der Waals surface area contributed by atoms with E-state index in [0.717, 1.165) is 5.56 Å². The average Bonchev–Trinajstić information content (AvgIpc) is 2.58. The fraction of sp³-hybridized carbons (Fsp3) is 0.200. The van der Waals surface area contributed by atoms with Crippen molar-refractivity contribution in [2.45, 2.75) is 6.54 Å². The molecule has 0 bridgehead atoms. The predicted molar refractivity (Wildman–Crippen MR) is 49.6 cm³/mol. The standard InChI is InChI=1S/C10H9NO3/c1-14-9-3-6-4-11-10(13)8(6)2-7(9)5-12/h2-3,5H,4H2,1H3,(H,11,13). The van der Waals surface area contributed by atoms with E-state index in [9.17, 15) is 9.59 Å². The van der Waals surface area contributed by atoms with Gasteiger partial charge < -0.3 is 10.1 Å². The van der Waals surface area contributed by atoms with Crippen molar-refractivity contribution in [3.63, 3.8) is 0 Å². The molecule has 0 radical (unpaired) electrons. The van der Waals surface area contributed by atoms with Crippen LogP contribution in [0.5, 0.6) is 5.75 Å². The number of amides is 1. The summed E-state index contributed by atoms with van der Waals surface area (Å²) < 4.78 is 5.03. The average molecular weight is 191 g/mol. The third-order valence-corrected chi connectivity index (χ3v) is 2.27. The molecule has 1 aliphatic rings. The van der Waals surface area contributed by atoms with Crippen LogP contribution in [0.1, 0.15) is 26.3 Å². The van der Waals surface area contributed by atoms with E-state index in [-0.39, 0.29) is 5.91 Å². The molecule has 0 aromatic heterocycles. The molecule has 0 saturated carbocycles. The first-order valence-corrected chi connectivity index (χ1v) is 4.20. The zero-order valence-corrected chi connectivity index (χ0v) is 7.66. The summed E-state index contributed by atoms with van der Waals surface area (Å²) in [6, 6.07) is 3.28. The number of carbonyl (C=O) groups excluding carboxylic acids is 2. The van der Waals surface area contributed by atoms with Gasteiger partial charge in [-0.15, -0.1) is 0 Å². The van der Waals surface area contributed by atoms with E-state index in [1.54, 1.807) is 12.1 Å². The van der Waals surface area contributed by atoms with E-state index in [1.807, 2.05) is 0 Å². The van der Waals surface area contributed by atoms with Gasteiger partial charge in [-0.3, -0.25) is 9.59 Å². The topological polar surface area (TPSA) is 55.4 Å². The molecule has 4 nitrogen and oxygen atoms in total. The quantitative estimate of drug-likeness (QED) is 0.702.